The Kier molecular flexibility index (Phi) is 7.49. The molecule has 1 atom stereocenters. The van der Waals surface area contributed by atoms with Crippen LogP contribution in [0.4, 0.5) is 0 Å². The molecule has 0 radical (unpaired) electrons. The highest BCUT2D eigenvalue weighted by molar-refractivity contribution is 9.10. The summed E-state index contributed by atoms with van der Waals surface area (Å²) in [5.41, 5.74) is 1.61. The van der Waals surface area contributed by atoms with Gasteiger partial charge in [-0.2, -0.15) is 0 Å². The number of aliphatic carboxylic acids is 1. The Morgan fingerprint density at radius 3 is 2.41 bits per heavy atom. The number of carbonyl (C=O) groups is 2. The molecule has 0 bridgehead atoms. The topological polar surface area (TPSA) is 76.0 Å². The van der Waals surface area contributed by atoms with Crippen LogP contribution in [0.3, 0.4) is 0 Å². The lowest BCUT2D eigenvalue weighted by Crippen LogP contribution is -2.24. The zero-order chi connectivity index (χ0) is 19.8. The van der Waals surface area contributed by atoms with Crippen LogP contribution in [0.2, 0.25) is 0 Å². The lowest BCUT2D eigenvalue weighted by atomic mass is 10.1. The van der Waals surface area contributed by atoms with Crippen molar-refractivity contribution in [1.29, 1.82) is 0 Å². The quantitative estimate of drug-likeness (QED) is 0.302. The zero-order valence-electron chi connectivity index (χ0n) is 15.0. The zero-order valence-corrected chi connectivity index (χ0v) is 16.6. The van der Waals surface area contributed by atoms with Crippen LogP contribution in [0.25, 0.3) is 6.08 Å². The van der Waals surface area contributed by atoms with Gasteiger partial charge in [-0.15, -0.1) is 0 Å². The molecule has 27 heavy (non-hydrogen) atoms. The summed E-state index contributed by atoms with van der Waals surface area (Å²) < 4.78 is 6.18. The largest absolute Gasteiger partial charge is 0.480 e. The third-order valence-electron chi connectivity index (χ3n) is 3.63. The van der Waals surface area contributed by atoms with Gasteiger partial charge in [0, 0.05) is 16.8 Å². The first-order valence-electron chi connectivity index (χ1n) is 8.36. The number of esters is 1. The van der Waals surface area contributed by atoms with E-state index in [4.69, 9.17) is 9.84 Å². The summed E-state index contributed by atoms with van der Waals surface area (Å²) in [6.45, 7) is 3.61. The van der Waals surface area contributed by atoms with E-state index < -0.39 is 18.0 Å². The minimum atomic E-state index is -0.955. The highest BCUT2D eigenvalue weighted by Crippen LogP contribution is 2.15. The van der Waals surface area contributed by atoms with E-state index in [1.807, 2.05) is 24.3 Å². The number of ether oxygens (including phenoxy) is 1. The molecule has 0 amide bonds. The molecule has 6 heteroatoms. The lowest BCUT2D eigenvalue weighted by molar-refractivity contribution is -0.139. The van der Waals surface area contributed by atoms with Crippen molar-refractivity contribution < 1.29 is 19.4 Å². The molecule has 0 aromatic heterocycles. The van der Waals surface area contributed by atoms with Gasteiger partial charge < -0.3 is 9.84 Å². The molecule has 0 saturated carbocycles. The molecule has 2 aromatic carbocycles. The number of rotatable bonds is 7. The van der Waals surface area contributed by atoms with Crippen molar-refractivity contribution in [2.24, 2.45) is 10.9 Å². The Labute approximate surface area is 166 Å². The van der Waals surface area contributed by atoms with Gasteiger partial charge in [0.1, 0.15) is 11.8 Å². The number of carboxylic acid groups (broad SMARTS) is 1. The van der Waals surface area contributed by atoms with Crippen LogP contribution >= 0.6 is 15.9 Å². The van der Waals surface area contributed by atoms with Gasteiger partial charge in [-0.05, 0) is 59.5 Å². The van der Waals surface area contributed by atoms with Gasteiger partial charge in [-0.1, -0.05) is 41.9 Å². The van der Waals surface area contributed by atoms with E-state index in [1.54, 1.807) is 44.2 Å². The highest BCUT2D eigenvalue weighted by atomic mass is 79.9. The van der Waals surface area contributed by atoms with E-state index in [2.05, 4.69) is 20.9 Å². The van der Waals surface area contributed by atoms with E-state index in [-0.39, 0.29) is 5.92 Å². The third-order valence-corrected chi connectivity index (χ3v) is 4.12. The minimum absolute atomic E-state index is 0.101. The Hall–Kier alpha value is -2.73. The summed E-state index contributed by atoms with van der Waals surface area (Å²) in [6, 6.07) is 13.5. The van der Waals surface area contributed by atoms with Crippen molar-refractivity contribution in [3.05, 3.63) is 70.2 Å². The molecule has 2 aromatic rings. The molecule has 0 heterocycles. The molecule has 0 aliphatic carbocycles. The Morgan fingerprint density at radius 2 is 1.81 bits per heavy atom. The van der Waals surface area contributed by atoms with Crippen molar-refractivity contribution in [2.75, 3.05) is 0 Å². The molecule has 140 valence electrons. The number of aliphatic imine (C=N–C) groups is 1. The second-order valence-electron chi connectivity index (χ2n) is 6.18. The third kappa shape index (κ3) is 6.83. The molecular formula is C21H20BrNO4. The van der Waals surface area contributed by atoms with E-state index in [1.165, 1.54) is 12.3 Å². The molecular weight excluding hydrogens is 410 g/mol. The van der Waals surface area contributed by atoms with Gasteiger partial charge in [0.05, 0.1) is 0 Å². The number of halogens is 1. The Balaban J connectivity index is 1.96. The standard InChI is InChI=1S/C21H20BrNO4/c1-14(2)20(21(25)26)23-13-16-6-9-18(10-7-16)27-19(24)11-8-15-4-3-5-17(22)12-15/h3-14,20H,1-2H3,(H,25,26)/b11-8+,23-13+. The van der Waals surface area contributed by atoms with Crippen molar-refractivity contribution >= 4 is 40.2 Å². The fraction of sp³-hybridized carbons (Fsp3) is 0.190. The van der Waals surface area contributed by atoms with Crippen LogP contribution in [0.1, 0.15) is 25.0 Å². The number of carbonyl (C=O) groups excluding carboxylic acids is 1. The molecule has 0 spiro atoms. The molecule has 5 nitrogen and oxygen atoms in total. The SMILES string of the molecule is CC(C)C(/N=C/c1ccc(OC(=O)/C=C/c2cccc(Br)c2)cc1)C(=O)O. The van der Waals surface area contributed by atoms with Gasteiger partial charge in [-0.3, -0.25) is 4.99 Å². The molecule has 0 aliphatic rings. The molecule has 0 fully saturated rings. The summed E-state index contributed by atoms with van der Waals surface area (Å²) in [4.78, 5) is 27.2. The number of carboxylic acids is 1. The maximum absolute atomic E-state index is 11.9. The summed E-state index contributed by atoms with van der Waals surface area (Å²) >= 11 is 3.37. The maximum atomic E-state index is 11.9. The van der Waals surface area contributed by atoms with E-state index in [0.29, 0.717) is 5.75 Å². The number of hydrogen-bond donors (Lipinski definition) is 1. The minimum Gasteiger partial charge on any atom is -0.480 e. The molecule has 0 aliphatic heterocycles. The van der Waals surface area contributed by atoms with Crippen molar-refractivity contribution in [3.8, 4) is 5.75 Å². The summed E-state index contributed by atoms with van der Waals surface area (Å²) in [7, 11) is 0. The van der Waals surface area contributed by atoms with Crippen LogP contribution in [0.5, 0.6) is 5.75 Å². The smallest absolute Gasteiger partial charge is 0.336 e. The van der Waals surface area contributed by atoms with E-state index in [9.17, 15) is 9.59 Å². The van der Waals surface area contributed by atoms with Gasteiger partial charge in [0.2, 0.25) is 0 Å². The van der Waals surface area contributed by atoms with Gasteiger partial charge >= 0.3 is 11.9 Å². The normalized spacial score (nSPS) is 12.6. The Bertz CT molecular complexity index is 857. The van der Waals surface area contributed by atoms with Crippen LogP contribution < -0.4 is 4.74 Å². The highest BCUT2D eigenvalue weighted by Gasteiger charge is 2.19. The average Bonchev–Trinajstić information content (AvgIpc) is 2.61. The monoisotopic (exact) mass is 429 g/mol. The van der Waals surface area contributed by atoms with Crippen LogP contribution in [-0.2, 0) is 9.59 Å². The fourth-order valence-electron chi connectivity index (χ4n) is 2.23. The van der Waals surface area contributed by atoms with Crippen molar-refractivity contribution in [3.63, 3.8) is 0 Å². The summed E-state index contributed by atoms with van der Waals surface area (Å²) in [6.07, 6.45) is 4.54. The van der Waals surface area contributed by atoms with Crippen LogP contribution in [0.15, 0.2) is 64.1 Å². The number of benzene rings is 2. The van der Waals surface area contributed by atoms with Crippen molar-refractivity contribution in [2.45, 2.75) is 19.9 Å². The number of hydrogen-bond acceptors (Lipinski definition) is 4. The summed E-state index contributed by atoms with van der Waals surface area (Å²) in [5.74, 6) is -1.14. The average molecular weight is 430 g/mol. The first kappa shape index (κ1) is 20.6. The van der Waals surface area contributed by atoms with E-state index >= 15 is 0 Å². The summed E-state index contributed by atoms with van der Waals surface area (Å²) in [5, 5.41) is 9.13. The van der Waals surface area contributed by atoms with Crippen LogP contribution in [0, 0.1) is 5.92 Å². The van der Waals surface area contributed by atoms with Gasteiger partial charge in [0.25, 0.3) is 0 Å². The fourth-order valence-corrected chi connectivity index (χ4v) is 2.65. The number of nitrogens with zero attached hydrogens (tertiary/aromatic N) is 1. The first-order valence-corrected chi connectivity index (χ1v) is 9.16. The van der Waals surface area contributed by atoms with Crippen molar-refractivity contribution in [1.82, 2.24) is 0 Å². The molecule has 2 rings (SSSR count). The van der Waals surface area contributed by atoms with Crippen LogP contribution in [-0.4, -0.2) is 29.3 Å². The van der Waals surface area contributed by atoms with Gasteiger partial charge in [-0.25, -0.2) is 9.59 Å². The van der Waals surface area contributed by atoms with E-state index in [0.717, 1.165) is 15.6 Å². The first-order chi connectivity index (χ1) is 12.8. The molecule has 1 N–H and O–H groups in total. The lowest BCUT2D eigenvalue weighted by Gasteiger charge is -2.10. The second-order valence-corrected chi connectivity index (χ2v) is 7.10. The predicted octanol–water partition coefficient (Wildman–Crippen LogP) is 4.60. The molecule has 1 unspecified atom stereocenters. The maximum Gasteiger partial charge on any atom is 0.336 e. The second kappa shape index (κ2) is 9.83. The molecule has 0 saturated heterocycles. The predicted molar refractivity (Wildman–Crippen MR) is 109 cm³/mol. The van der Waals surface area contributed by atoms with Gasteiger partial charge in [0.15, 0.2) is 0 Å². The Morgan fingerprint density at radius 1 is 1.11 bits per heavy atom.